The maximum Gasteiger partial charge on any atom is 0.332 e. The van der Waals surface area contributed by atoms with E-state index in [4.69, 9.17) is 61.6 Å². The molecule has 0 aromatic carbocycles. The van der Waals surface area contributed by atoms with Gasteiger partial charge in [-0.2, -0.15) is 0 Å². The standard InChI is InChI=1S/C32H64O14/c1-5-6-7-34-8-9-35-10-11-36-12-13-37-14-15-38-16-17-39-18-19-40-20-21-41-22-23-42-24-25-43-26-27-44-28-29-45-30-31(33)46-32(2,3)4/h5-30H2,1-4H3. The van der Waals surface area contributed by atoms with E-state index in [2.05, 4.69) is 6.92 Å². The molecule has 14 nitrogen and oxygen atoms in total. The average molecular weight is 673 g/mol. The SMILES string of the molecule is CCCCOCCOCCOCCOCCOCCOCCOCCOCCOCCOCCOCCOCC(=O)OC(C)(C)C. The van der Waals surface area contributed by atoms with Crippen LogP contribution < -0.4 is 0 Å². The molecule has 14 heteroatoms. The molecule has 276 valence electrons. The first-order chi connectivity index (χ1) is 22.5. The molecule has 0 heterocycles. The molecule has 0 aromatic rings. The van der Waals surface area contributed by atoms with Crippen molar-refractivity contribution >= 4 is 5.97 Å². The molecule has 0 saturated carbocycles. The van der Waals surface area contributed by atoms with Crippen LogP contribution in [0.1, 0.15) is 40.5 Å². The summed E-state index contributed by atoms with van der Waals surface area (Å²) in [6, 6.07) is 0. The molecule has 0 radical (unpaired) electrons. The molecule has 0 aromatic heterocycles. The Hall–Kier alpha value is -1.01. The molecule has 0 aliphatic rings. The van der Waals surface area contributed by atoms with Crippen LogP contribution in [-0.4, -0.2) is 170 Å². The molecule has 0 amide bonds. The fourth-order valence-corrected chi connectivity index (χ4v) is 3.19. The van der Waals surface area contributed by atoms with Gasteiger partial charge in [0.25, 0.3) is 0 Å². The van der Waals surface area contributed by atoms with Gasteiger partial charge in [-0.1, -0.05) is 13.3 Å². The Morgan fingerprint density at radius 1 is 0.370 bits per heavy atom. The lowest BCUT2D eigenvalue weighted by Gasteiger charge is -2.19. The predicted molar refractivity (Wildman–Crippen MR) is 171 cm³/mol. The molecule has 0 rings (SSSR count). The van der Waals surface area contributed by atoms with Crippen LogP contribution in [0.15, 0.2) is 0 Å². The van der Waals surface area contributed by atoms with Crippen LogP contribution in [0.3, 0.4) is 0 Å². The predicted octanol–water partition coefficient (Wildman–Crippen LogP) is 2.33. The molecule has 0 N–H and O–H groups in total. The summed E-state index contributed by atoms with van der Waals surface area (Å²) in [4.78, 5) is 11.5. The third-order valence-corrected chi connectivity index (χ3v) is 5.37. The van der Waals surface area contributed by atoms with Gasteiger partial charge < -0.3 is 61.6 Å². The maximum absolute atomic E-state index is 11.5. The van der Waals surface area contributed by atoms with Gasteiger partial charge in [0.15, 0.2) is 0 Å². The molecule has 0 fully saturated rings. The van der Waals surface area contributed by atoms with Crippen molar-refractivity contribution in [1.29, 1.82) is 0 Å². The molecule has 0 saturated heterocycles. The number of carbonyl (C=O) groups is 1. The summed E-state index contributed by atoms with van der Waals surface area (Å²) in [7, 11) is 0. The van der Waals surface area contributed by atoms with Crippen LogP contribution in [0.25, 0.3) is 0 Å². The van der Waals surface area contributed by atoms with Crippen molar-refractivity contribution in [2.75, 3.05) is 159 Å². The Kier molecular flexibility index (Phi) is 36.0. The van der Waals surface area contributed by atoms with Crippen molar-refractivity contribution in [2.24, 2.45) is 0 Å². The minimum absolute atomic E-state index is 0.0823. The van der Waals surface area contributed by atoms with E-state index in [1.807, 2.05) is 20.8 Å². The van der Waals surface area contributed by atoms with Crippen LogP contribution in [0.4, 0.5) is 0 Å². The van der Waals surface area contributed by atoms with E-state index in [-0.39, 0.29) is 12.6 Å². The van der Waals surface area contributed by atoms with Gasteiger partial charge in [-0.15, -0.1) is 0 Å². The second-order valence-corrected chi connectivity index (χ2v) is 10.7. The van der Waals surface area contributed by atoms with Crippen LogP contribution in [-0.2, 0) is 66.4 Å². The topological polar surface area (TPSA) is 137 Å². The zero-order valence-electron chi connectivity index (χ0n) is 29.1. The lowest BCUT2D eigenvalue weighted by Crippen LogP contribution is -2.27. The molecular formula is C32H64O14. The maximum atomic E-state index is 11.5. The van der Waals surface area contributed by atoms with Gasteiger partial charge in [-0.25, -0.2) is 4.79 Å². The fourth-order valence-electron chi connectivity index (χ4n) is 3.19. The molecule has 0 unspecified atom stereocenters. The Morgan fingerprint density at radius 3 is 0.804 bits per heavy atom. The Bertz CT molecular complexity index is 606. The van der Waals surface area contributed by atoms with Gasteiger partial charge in [-0.3, -0.25) is 0 Å². The first-order valence-electron chi connectivity index (χ1n) is 16.6. The highest BCUT2D eigenvalue weighted by molar-refractivity contribution is 5.71. The van der Waals surface area contributed by atoms with Gasteiger partial charge in [0, 0.05) is 6.61 Å². The number of esters is 1. The van der Waals surface area contributed by atoms with Crippen molar-refractivity contribution in [3.8, 4) is 0 Å². The van der Waals surface area contributed by atoms with E-state index >= 15 is 0 Å². The first-order valence-corrected chi connectivity index (χ1v) is 16.6. The molecule has 0 spiro atoms. The molecule has 0 aliphatic heterocycles. The minimum atomic E-state index is -0.510. The largest absolute Gasteiger partial charge is 0.458 e. The number of hydrogen-bond acceptors (Lipinski definition) is 14. The van der Waals surface area contributed by atoms with Crippen molar-refractivity contribution in [1.82, 2.24) is 0 Å². The number of unbranched alkanes of at least 4 members (excludes halogenated alkanes) is 1. The molecule has 0 atom stereocenters. The summed E-state index contributed by atoms with van der Waals surface area (Å²) in [6.07, 6.45) is 2.23. The third kappa shape index (κ3) is 41.0. The molecule has 0 aliphatic carbocycles. The highest BCUT2D eigenvalue weighted by Gasteiger charge is 2.15. The number of rotatable bonds is 38. The summed E-state index contributed by atoms with van der Waals surface area (Å²) in [6.45, 7) is 19.3. The number of hydrogen-bond donors (Lipinski definition) is 0. The van der Waals surface area contributed by atoms with E-state index in [9.17, 15) is 4.79 Å². The van der Waals surface area contributed by atoms with E-state index in [0.717, 1.165) is 19.4 Å². The zero-order chi connectivity index (χ0) is 33.7. The van der Waals surface area contributed by atoms with E-state index in [0.29, 0.717) is 145 Å². The third-order valence-electron chi connectivity index (χ3n) is 5.37. The Balaban J connectivity index is 3.09. The zero-order valence-corrected chi connectivity index (χ0v) is 29.1. The molecule has 46 heavy (non-hydrogen) atoms. The smallest absolute Gasteiger partial charge is 0.332 e. The van der Waals surface area contributed by atoms with Crippen LogP contribution in [0.2, 0.25) is 0 Å². The minimum Gasteiger partial charge on any atom is -0.458 e. The average Bonchev–Trinajstić information content (AvgIpc) is 3.01. The van der Waals surface area contributed by atoms with Gasteiger partial charge in [-0.05, 0) is 27.2 Å². The van der Waals surface area contributed by atoms with Gasteiger partial charge in [0.05, 0.1) is 145 Å². The first kappa shape index (κ1) is 45.0. The van der Waals surface area contributed by atoms with Gasteiger partial charge in [0.2, 0.25) is 0 Å². The summed E-state index contributed by atoms with van der Waals surface area (Å²) in [5.41, 5.74) is -0.510. The van der Waals surface area contributed by atoms with Gasteiger partial charge in [0.1, 0.15) is 12.2 Å². The summed E-state index contributed by atoms with van der Waals surface area (Å²) >= 11 is 0. The number of ether oxygens (including phenoxy) is 13. The molecular weight excluding hydrogens is 608 g/mol. The summed E-state index contributed by atoms with van der Waals surface area (Å²) in [5.74, 6) is -0.386. The van der Waals surface area contributed by atoms with Crippen molar-refractivity contribution in [3.05, 3.63) is 0 Å². The number of carbonyl (C=O) groups excluding carboxylic acids is 1. The molecule has 0 bridgehead atoms. The fraction of sp³-hybridized carbons (Fsp3) is 0.969. The lowest BCUT2D eigenvalue weighted by atomic mass is 10.2. The second kappa shape index (κ2) is 36.8. The Labute approximate surface area is 277 Å². The van der Waals surface area contributed by atoms with Crippen LogP contribution >= 0.6 is 0 Å². The van der Waals surface area contributed by atoms with Crippen LogP contribution in [0, 0.1) is 0 Å². The lowest BCUT2D eigenvalue weighted by molar-refractivity contribution is -0.160. The van der Waals surface area contributed by atoms with Crippen molar-refractivity contribution in [2.45, 2.75) is 46.1 Å². The van der Waals surface area contributed by atoms with E-state index < -0.39 is 5.60 Å². The van der Waals surface area contributed by atoms with Gasteiger partial charge >= 0.3 is 5.97 Å². The Morgan fingerprint density at radius 2 is 0.587 bits per heavy atom. The monoisotopic (exact) mass is 672 g/mol. The quantitative estimate of drug-likeness (QED) is 0.0701. The van der Waals surface area contributed by atoms with Crippen molar-refractivity contribution in [3.63, 3.8) is 0 Å². The van der Waals surface area contributed by atoms with Crippen molar-refractivity contribution < 1.29 is 66.4 Å². The van der Waals surface area contributed by atoms with E-state index in [1.165, 1.54) is 0 Å². The second-order valence-electron chi connectivity index (χ2n) is 10.7. The normalized spacial score (nSPS) is 11.8. The van der Waals surface area contributed by atoms with Crippen LogP contribution in [0.5, 0.6) is 0 Å². The highest BCUT2D eigenvalue weighted by atomic mass is 16.6. The summed E-state index contributed by atoms with van der Waals surface area (Å²) in [5, 5.41) is 0. The summed E-state index contributed by atoms with van der Waals surface area (Å²) < 4.78 is 70.3. The highest BCUT2D eigenvalue weighted by Crippen LogP contribution is 2.06. The van der Waals surface area contributed by atoms with E-state index in [1.54, 1.807) is 0 Å².